The molecule has 0 spiro atoms. The predicted octanol–water partition coefficient (Wildman–Crippen LogP) is 3.10. The van der Waals surface area contributed by atoms with Crippen molar-refractivity contribution in [3.8, 4) is 11.5 Å². The van der Waals surface area contributed by atoms with Crippen LogP contribution in [0.15, 0.2) is 12.1 Å². The molecule has 98 valence electrons. The molecule has 2 rings (SSSR count). The van der Waals surface area contributed by atoms with Crippen LogP contribution in [0.1, 0.15) is 44.2 Å². The molecule has 1 aliphatic rings. The lowest BCUT2D eigenvalue weighted by Crippen LogP contribution is -2.15. The van der Waals surface area contributed by atoms with Gasteiger partial charge in [-0.05, 0) is 29.5 Å². The SMILES string of the molecule is CCCc1cc(C(C)C)cc2c1OCC(=O)CO2. The Morgan fingerprint density at radius 2 is 1.94 bits per heavy atom. The molecule has 0 saturated heterocycles. The summed E-state index contributed by atoms with van der Waals surface area (Å²) in [7, 11) is 0. The second kappa shape index (κ2) is 5.42. The lowest BCUT2D eigenvalue weighted by molar-refractivity contribution is -0.122. The summed E-state index contributed by atoms with van der Waals surface area (Å²) in [4.78, 5) is 11.4. The molecule has 3 nitrogen and oxygen atoms in total. The van der Waals surface area contributed by atoms with E-state index >= 15 is 0 Å². The normalized spacial score (nSPS) is 14.8. The Labute approximate surface area is 108 Å². The third-order valence-corrected chi connectivity index (χ3v) is 3.11. The summed E-state index contributed by atoms with van der Waals surface area (Å²) in [6, 6.07) is 4.17. The van der Waals surface area contributed by atoms with Crippen molar-refractivity contribution < 1.29 is 14.3 Å². The molecular formula is C15H20O3. The average molecular weight is 248 g/mol. The third-order valence-electron chi connectivity index (χ3n) is 3.11. The Morgan fingerprint density at radius 1 is 1.22 bits per heavy atom. The molecule has 0 aromatic heterocycles. The molecule has 1 aromatic rings. The van der Waals surface area contributed by atoms with Crippen LogP contribution >= 0.6 is 0 Å². The van der Waals surface area contributed by atoms with E-state index in [0.717, 1.165) is 29.9 Å². The lowest BCUT2D eigenvalue weighted by atomic mass is 9.97. The molecule has 0 atom stereocenters. The highest BCUT2D eigenvalue weighted by Gasteiger charge is 2.20. The summed E-state index contributed by atoms with van der Waals surface area (Å²) in [5.41, 5.74) is 2.38. The molecule has 1 aromatic carbocycles. The van der Waals surface area contributed by atoms with Gasteiger partial charge < -0.3 is 9.47 Å². The minimum atomic E-state index is -0.0141. The molecule has 1 aliphatic heterocycles. The zero-order chi connectivity index (χ0) is 13.1. The topological polar surface area (TPSA) is 35.5 Å². The predicted molar refractivity (Wildman–Crippen MR) is 70.5 cm³/mol. The van der Waals surface area contributed by atoms with Crippen LogP contribution in [0.3, 0.4) is 0 Å². The molecule has 0 aliphatic carbocycles. The largest absolute Gasteiger partial charge is 0.482 e. The summed E-state index contributed by atoms with van der Waals surface area (Å²) >= 11 is 0. The molecule has 0 amide bonds. The third kappa shape index (κ3) is 2.66. The minimum Gasteiger partial charge on any atom is -0.482 e. The van der Waals surface area contributed by atoms with Crippen LogP contribution in [-0.4, -0.2) is 19.0 Å². The standard InChI is InChI=1S/C15H20O3/c1-4-5-11-6-12(10(2)3)7-14-15(11)18-9-13(16)8-17-14/h6-7,10H,4-5,8-9H2,1-3H3. The Hall–Kier alpha value is -1.51. The number of rotatable bonds is 3. The van der Waals surface area contributed by atoms with Gasteiger partial charge in [0.1, 0.15) is 0 Å². The fourth-order valence-corrected chi connectivity index (χ4v) is 2.10. The van der Waals surface area contributed by atoms with Crippen molar-refractivity contribution in [1.29, 1.82) is 0 Å². The van der Waals surface area contributed by atoms with E-state index in [1.165, 1.54) is 5.56 Å². The summed E-state index contributed by atoms with van der Waals surface area (Å²) < 4.78 is 11.2. The highest BCUT2D eigenvalue weighted by Crippen LogP contribution is 2.37. The lowest BCUT2D eigenvalue weighted by Gasteiger charge is -2.15. The number of hydrogen-bond donors (Lipinski definition) is 0. The quantitative estimate of drug-likeness (QED) is 0.824. The van der Waals surface area contributed by atoms with E-state index in [-0.39, 0.29) is 19.0 Å². The van der Waals surface area contributed by atoms with E-state index in [9.17, 15) is 4.79 Å². The Bertz CT molecular complexity index is 449. The van der Waals surface area contributed by atoms with Gasteiger partial charge in [0.05, 0.1) is 0 Å². The van der Waals surface area contributed by atoms with Gasteiger partial charge in [0.25, 0.3) is 0 Å². The molecule has 0 unspecified atom stereocenters. The number of benzene rings is 1. The number of carbonyl (C=O) groups excluding carboxylic acids is 1. The van der Waals surface area contributed by atoms with Gasteiger partial charge in [0.15, 0.2) is 24.7 Å². The van der Waals surface area contributed by atoms with E-state index < -0.39 is 0 Å². The van der Waals surface area contributed by atoms with Crippen molar-refractivity contribution in [3.05, 3.63) is 23.3 Å². The minimum absolute atomic E-state index is 0.0141. The van der Waals surface area contributed by atoms with Gasteiger partial charge in [-0.15, -0.1) is 0 Å². The van der Waals surface area contributed by atoms with Crippen molar-refractivity contribution in [3.63, 3.8) is 0 Å². The number of fused-ring (bicyclic) bond motifs is 1. The molecule has 0 bridgehead atoms. The summed E-state index contributed by atoms with van der Waals surface area (Å²) in [5, 5.41) is 0. The smallest absolute Gasteiger partial charge is 0.207 e. The van der Waals surface area contributed by atoms with Crippen molar-refractivity contribution in [1.82, 2.24) is 0 Å². The van der Waals surface area contributed by atoms with Crippen LogP contribution < -0.4 is 9.47 Å². The van der Waals surface area contributed by atoms with Crippen molar-refractivity contribution in [2.45, 2.75) is 39.5 Å². The van der Waals surface area contributed by atoms with Crippen LogP contribution in [0.2, 0.25) is 0 Å². The number of Topliss-reactive ketones (excluding diaryl/α,β-unsaturated/α-hetero) is 1. The van der Waals surface area contributed by atoms with Crippen LogP contribution in [0.25, 0.3) is 0 Å². The zero-order valence-electron chi connectivity index (χ0n) is 11.3. The van der Waals surface area contributed by atoms with Crippen molar-refractivity contribution >= 4 is 5.78 Å². The van der Waals surface area contributed by atoms with E-state index in [2.05, 4.69) is 26.8 Å². The first-order valence-electron chi connectivity index (χ1n) is 6.56. The Balaban J connectivity index is 2.44. The molecule has 0 saturated carbocycles. The molecular weight excluding hydrogens is 228 g/mol. The number of hydrogen-bond acceptors (Lipinski definition) is 3. The maximum Gasteiger partial charge on any atom is 0.207 e. The highest BCUT2D eigenvalue weighted by molar-refractivity contribution is 5.82. The maximum atomic E-state index is 11.4. The van der Waals surface area contributed by atoms with Gasteiger partial charge in [-0.3, -0.25) is 4.79 Å². The van der Waals surface area contributed by atoms with E-state index in [1.807, 2.05) is 6.07 Å². The van der Waals surface area contributed by atoms with Crippen LogP contribution in [0.4, 0.5) is 0 Å². The van der Waals surface area contributed by atoms with Gasteiger partial charge in [0.2, 0.25) is 5.78 Å². The average Bonchev–Trinajstić information content (AvgIpc) is 2.52. The van der Waals surface area contributed by atoms with E-state index in [0.29, 0.717) is 5.92 Å². The van der Waals surface area contributed by atoms with Crippen molar-refractivity contribution in [2.75, 3.05) is 13.2 Å². The number of ketones is 1. The number of aryl methyl sites for hydroxylation is 1. The first-order valence-corrected chi connectivity index (χ1v) is 6.56. The first kappa shape index (κ1) is 12.9. The molecule has 1 heterocycles. The fraction of sp³-hybridized carbons (Fsp3) is 0.533. The molecule has 18 heavy (non-hydrogen) atoms. The van der Waals surface area contributed by atoms with Gasteiger partial charge >= 0.3 is 0 Å². The summed E-state index contributed by atoms with van der Waals surface area (Å²) in [6.45, 7) is 6.67. The Morgan fingerprint density at radius 3 is 2.61 bits per heavy atom. The number of ether oxygens (including phenoxy) is 2. The van der Waals surface area contributed by atoms with E-state index in [4.69, 9.17) is 9.47 Å². The zero-order valence-corrected chi connectivity index (χ0v) is 11.3. The molecule has 0 fully saturated rings. The summed E-state index contributed by atoms with van der Waals surface area (Å²) in [5.74, 6) is 1.90. The van der Waals surface area contributed by atoms with Gasteiger partial charge in [0, 0.05) is 0 Å². The fourth-order valence-electron chi connectivity index (χ4n) is 2.10. The first-order chi connectivity index (χ1) is 8.61. The van der Waals surface area contributed by atoms with E-state index in [1.54, 1.807) is 0 Å². The van der Waals surface area contributed by atoms with Gasteiger partial charge in [-0.25, -0.2) is 0 Å². The van der Waals surface area contributed by atoms with Gasteiger partial charge in [-0.1, -0.05) is 33.3 Å². The Kier molecular flexibility index (Phi) is 3.90. The number of carbonyl (C=O) groups is 1. The maximum absolute atomic E-state index is 11.4. The second-order valence-corrected chi connectivity index (χ2v) is 5.03. The molecule has 0 N–H and O–H groups in total. The van der Waals surface area contributed by atoms with Crippen molar-refractivity contribution in [2.24, 2.45) is 0 Å². The highest BCUT2D eigenvalue weighted by atomic mass is 16.5. The van der Waals surface area contributed by atoms with Crippen LogP contribution in [0.5, 0.6) is 11.5 Å². The second-order valence-electron chi connectivity index (χ2n) is 5.03. The molecule has 0 radical (unpaired) electrons. The van der Waals surface area contributed by atoms with Gasteiger partial charge in [-0.2, -0.15) is 0 Å². The van der Waals surface area contributed by atoms with Crippen LogP contribution in [-0.2, 0) is 11.2 Å². The van der Waals surface area contributed by atoms with Crippen LogP contribution in [0, 0.1) is 0 Å². The monoisotopic (exact) mass is 248 g/mol. The molecule has 3 heteroatoms. The summed E-state index contributed by atoms with van der Waals surface area (Å²) in [6.07, 6.45) is 1.99.